The number of allylic oxidation sites excluding steroid dienone is 32. The zero-order valence-electron chi connectivity index (χ0n) is 61.0. The molecule has 0 aromatic rings. The van der Waals surface area contributed by atoms with E-state index in [1.165, 1.54) is 0 Å². The summed E-state index contributed by atoms with van der Waals surface area (Å²) < 4.78 is 68.2. The second kappa shape index (κ2) is 71.3. The fraction of sp³-hybridized carbons (Fsp3) is 0.556. The largest absolute Gasteiger partial charge is 0.472 e. The molecule has 19 heteroatoms. The molecular weight excluding hydrogens is 1310 g/mol. The predicted molar refractivity (Wildman–Crippen MR) is 408 cm³/mol. The molecule has 0 aliphatic heterocycles. The third-order valence-electron chi connectivity index (χ3n) is 14.0. The number of phosphoric ester groups is 2. The van der Waals surface area contributed by atoms with Gasteiger partial charge < -0.3 is 33.8 Å². The Kier molecular flexibility index (Phi) is 67.0. The number of rotatable bonds is 66. The highest BCUT2D eigenvalue weighted by Gasteiger charge is 2.30. The molecule has 0 aromatic carbocycles. The van der Waals surface area contributed by atoms with E-state index < -0.39 is 97.5 Å². The van der Waals surface area contributed by atoms with E-state index in [1.807, 2.05) is 12.2 Å². The lowest BCUT2D eigenvalue weighted by Gasteiger charge is -2.21. The maximum atomic E-state index is 13.1. The molecule has 0 amide bonds. The molecule has 0 fully saturated rings. The number of unbranched alkanes of at least 4 members (excludes halogenated alkanes) is 8. The summed E-state index contributed by atoms with van der Waals surface area (Å²) in [5.41, 5.74) is 0. The molecular formula is C81H126O17P2. The number of carbonyl (C=O) groups excluding carboxylic acids is 4. The van der Waals surface area contributed by atoms with Crippen LogP contribution in [0.15, 0.2) is 194 Å². The van der Waals surface area contributed by atoms with E-state index in [9.17, 15) is 43.2 Å². The number of hydrogen-bond acceptors (Lipinski definition) is 15. The lowest BCUT2D eigenvalue weighted by molar-refractivity contribution is -0.161. The fourth-order valence-corrected chi connectivity index (χ4v) is 10.2. The number of aliphatic hydroxyl groups excluding tert-OH is 1. The van der Waals surface area contributed by atoms with Gasteiger partial charge in [-0.3, -0.25) is 37.3 Å². The molecule has 0 saturated carbocycles. The summed E-state index contributed by atoms with van der Waals surface area (Å²) in [6, 6.07) is 0. The Morgan fingerprint density at radius 2 is 0.480 bits per heavy atom. The molecule has 0 aromatic heterocycles. The van der Waals surface area contributed by atoms with E-state index in [4.69, 9.17) is 37.0 Å². The van der Waals surface area contributed by atoms with Gasteiger partial charge in [0.1, 0.15) is 19.3 Å². The van der Waals surface area contributed by atoms with Gasteiger partial charge in [-0.1, -0.05) is 222 Å². The molecule has 0 heterocycles. The average molecular weight is 1430 g/mol. The summed E-state index contributed by atoms with van der Waals surface area (Å²) in [5, 5.41) is 10.6. The van der Waals surface area contributed by atoms with Crippen molar-refractivity contribution in [1.82, 2.24) is 0 Å². The van der Waals surface area contributed by atoms with E-state index in [0.717, 1.165) is 141 Å². The number of esters is 4. The zero-order valence-corrected chi connectivity index (χ0v) is 62.8. The molecule has 562 valence electrons. The van der Waals surface area contributed by atoms with Crippen LogP contribution in [0.2, 0.25) is 0 Å². The lowest BCUT2D eigenvalue weighted by atomic mass is 10.1. The van der Waals surface area contributed by atoms with Crippen molar-refractivity contribution in [2.45, 2.75) is 251 Å². The molecule has 0 saturated heterocycles. The molecule has 4 unspecified atom stereocenters. The Morgan fingerprint density at radius 3 is 0.710 bits per heavy atom. The monoisotopic (exact) mass is 1430 g/mol. The van der Waals surface area contributed by atoms with Crippen molar-refractivity contribution in [3.63, 3.8) is 0 Å². The predicted octanol–water partition coefficient (Wildman–Crippen LogP) is 21.0. The minimum absolute atomic E-state index is 0.0231. The summed E-state index contributed by atoms with van der Waals surface area (Å²) >= 11 is 0. The zero-order chi connectivity index (χ0) is 73.2. The van der Waals surface area contributed by atoms with Gasteiger partial charge in [-0.25, -0.2) is 9.13 Å². The van der Waals surface area contributed by atoms with Gasteiger partial charge in [0, 0.05) is 25.7 Å². The van der Waals surface area contributed by atoms with Crippen LogP contribution >= 0.6 is 15.6 Å². The number of hydrogen-bond donors (Lipinski definition) is 3. The smallest absolute Gasteiger partial charge is 0.462 e. The molecule has 0 aliphatic carbocycles. The maximum Gasteiger partial charge on any atom is 0.472 e. The highest BCUT2D eigenvalue weighted by molar-refractivity contribution is 7.47. The molecule has 0 rings (SSSR count). The van der Waals surface area contributed by atoms with E-state index in [0.29, 0.717) is 38.5 Å². The van der Waals surface area contributed by atoms with Crippen molar-refractivity contribution in [2.75, 3.05) is 39.6 Å². The van der Waals surface area contributed by atoms with E-state index in [2.05, 4.69) is 210 Å². The molecule has 4 atom stereocenters. The van der Waals surface area contributed by atoms with E-state index >= 15 is 0 Å². The first-order chi connectivity index (χ1) is 48.7. The van der Waals surface area contributed by atoms with Crippen molar-refractivity contribution in [3.05, 3.63) is 194 Å². The van der Waals surface area contributed by atoms with Gasteiger partial charge in [0.2, 0.25) is 0 Å². The van der Waals surface area contributed by atoms with Crippen LogP contribution in [0.3, 0.4) is 0 Å². The number of aliphatic hydroxyl groups is 1. The van der Waals surface area contributed by atoms with Crippen LogP contribution in [0.1, 0.15) is 233 Å². The van der Waals surface area contributed by atoms with E-state index in [-0.39, 0.29) is 25.7 Å². The second-order valence-electron chi connectivity index (χ2n) is 23.4. The van der Waals surface area contributed by atoms with E-state index in [1.54, 1.807) is 0 Å². The van der Waals surface area contributed by atoms with Crippen LogP contribution in [0.5, 0.6) is 0 Å². The highest BCUT2D eigenvalue weighted by atomic mass is 31.2. The maximum absolute atomic E-state index is 13.1. The Bertz CT molecular complexity index is 2490. The van der Waals surface area contributed by atoms with Crippen molar-refractivity contribution >= 4 is 39.5 Å². The van der Waals surface area contributed by atoms with Crippen LogP contribution in [0.25, 0.3) is 0 Å². The van der Waals surface area contributed by atoms with Crippen molar-refractivity contribution in [3.8, 4) is 0 Å². The van der Waals surface area contributed by atoms with Crippen molar-refractivity contribution < 1.29 is 80.2 Å². The van der Waals surface area contributed by atoms with Gasteiger partial charge in [0.25, 0.3) is 0 Å². The van der Waals surface area contributed by atoms with Crippen molar-refractivity contribution in [2.24, 2.45) is 0 Å². The van der Waals surface area contributed by atoms with Gasteiger partial charge in [0.05, 0.1) is 26.4 Å². The molecule has 0 radical (unpaired) electrons. The Morgan fingerprint density at radius 1 is 0.280 bits per heavy atom. The standard InChI is InChI=1S/C81H126O17P2/c1-5-9-13-17-21-25-29-33-37-41-45-49-53-57-61-65-78(83)91-71-76(97-80(85)67-63-59-55-51-47-43-39-35-31-27-23-19-15-11-7-3)73-95-99(87,88)93-69-75(82)70-94-100(89,90)96-74-77(98-81(86)68-64-60-56-52-48-44-40-36-32-28-24-20-16-12-8-4)72-92-79(84)66-62-58-54-50-46-42-38-34-30-26-22-18-14-10-6-2/h9-16,21-28,33-40,45-52,75-77,82H,5-8,17-20,29-32,41-44,53-74H2,1-4H3,(H,87,88)(H,89,90)/b13-9-,14-10-,15-11-,16-12-,25-21-,26-22-,27-23-,28-24-,37-33-,38-34-,39-35-,40-36-,49-45-,50-46-,51-47-,52-48-. The van der Waals surface area contributed by atoms with Gasteiger partial charge in [-0.15, -0.1) is 0 Å². The molecule has 17 nitrogen and oxygen atoms in total. The number of ether oxygens (including phenoxy) is 4. The second-order valence-corrected chi connectivity index (χ2v) is 26.3. The minimum Gasteiger partial charge on any atom is -0.462 e. The van der Waals surface area contributed by atoms with Gasteiger partial charge in [0.15, 0.2) is 12.2 Å². The topological polar surface area (TPSA) is 237 Å². The minimum atomic E-state index is -5.01. The first-order valence-electron chi connectivity index (χ1n) is 36.7. The molecule has 100 heavy (non-hydrogen) atoms. The summed E-state index contributed by atoms with van der Waals surface area (Å²) in [7, 11) is -10.0. The Labute approximate surface area is 602 Å². The van der Waals surface area contributed by atoms with Gasteiger partial charge >= 0.3 is 39.5 Å². The fourth-order valence-electron chi connectivity index (χ4n) is 8.59. The highest BCUT2D eigenvalue weighted by Crippen LogP contribution is 2.45. The third kappa shape index (κ3) is 70.3. The van der Waals surface area contributed by atoms with Crippen LogP contribution in [-0.4, -0.2) is 96.7 Å². The lowest BCUT2D eigenvalue weighted by Crippen LogP contribution is -2.30. The summed E-state index contributed by atoms with van der Waals surface area (Å²) in [4.78, 5) is 72.8. The summed E-state index contributed by atoms with van der Waals surface area (Å²) in [5.74, 6) is -2.40. The van der Waals surface area contributed by atoms with Gasteiger partial charge in [-0.2, -0.15) is 0 Å². The number of carbonyl (C=O) groups is 4. The number of phosphoric acid groups is 2. The quantitative estimate of drug-likeness (QED) is 0.0169. The molecule has 0 spiro atoms. The van der Waals surface area contributed by atoms with Crippen LogP contribution in [-0.2, 0) is 65.4 Å². The molecule has 3 N–H and O–H groups in total. The first kappa shape index (κ1) is 93.9. The van der Waals surface area contributed by atoms with Crippen LogP contribution in [0.4, 0.5) is 0 Å². The SMILES string of the molecule is CC/C=C\C/C=C\C/C=C\C/C=C\CCCCC(=O)OCC(COP(=O)(O)OCC(O)COP(=O)(O)OCC(COC(=O)CCCC/C=C\C/C=C\C/C=C\C/C=C\CC)OC(=O)CCCC/C=C\C/C=C\C/C=C\C/C=C\CC)OC(=O)CCCC/C=C\C/C=C\C/C=C\C/C=C\CC. The Hall–Kier alpha value is -6.10. The van der Waals surface area contributed by atoms with Crippen LogP contribution < -0.4 is 0 Å². The van der Waals surface area contributed by atoms with Crippen LogP contribution in [0, 0.1) is 0 Å². The first-order valence-corrected chi connectivity index (χ1v) is 39.7. The summed E-state index contributed by atoms with van der Waals surface area (Å²) in [6.45, 7) is 4.15. The molecule has 0 aliphatic rings. The normalized spacial score (nSPS) is 15.1. The Balaban J connectivity index is 5.53. The van der Waals surface area contributed by atoms with Crippen molar-refractivity contribution in [1.29, 1.82) is 0 Å². The molecule has 0 bridgehead atoms. The summed E-state index contributed by atoms with van der Waals surface area (Å²) in [6.07, 6.45) is 86.0. The third-order valence-corrected chi connectivity index (χ3v) is 15.9. The average Bonchev–Trinajstić information content (AvgIpc) is 1.01. The van der Waals surface area contributed by atoms with Gasteiger partial charge in [-0.05, 0) is 180 Å².